The minimum Gasteiger partial charge on any atom is -0.469 e. The molecule has 2 nitrogen and oxygen atoms in total. The van der Waals surface area contributed by atoms with E-state index in [0.29, 0.717) is 5.92 Å². The Kier molecular flexibility index (Phi) is 1.58. The zero-order valence-corrected chi connectivity index (χ0v) is 10.4. The summed E-state index contributed by atoms with van der Waals surface area (Å²) >= 11 is 0. The second-order valence-corrected chi connectivity index (χ2v) is 6.38. The van der Waals surface area contributed by atoms with Gasteiger partial charge < -0.3 is 9.52 Å². The van der Waals surface area contributed by atoms with Gasteiger partial charge in [-0.3, -0.25) is 0 Å². The van der Waals surface area contributed by atoms with Crippen LogP contribution in [0.2, 0.25) is 0 Å². The molecule has 2 heteroatoms. The molecule has 0 aromatic carbocycles. The summed E-state index contributed by atoms with van der Waals surface area (Å²) in [5.41, 5.74) is 3.59. The van der Waals surface area contributed by atoms with Gasteiger partial charge in [0.15, 0.2) is 0 Å². The largest absolute Gasteiger partial charge is 0.469 e. The van der Waals surface area contributed by atoms with E-state index in [2.05, 4.69) is 13.5 Å². The molecule has 4 rings (SSSR count). The molecule has 1 heterocycles. The molecular formula is C15H18O2. The zero-order chi connectivity index (χ0) is 11.9. The number of aliphatic hydroxyl groups excluding tert-OH is 1. The smallest absolute Gasteiger partial charge is 0.110 e. The van der Waals surface area contributed by atoms with E-state index in [1.54, 1.807) is 6.26 Å². The molecule has 90 valence electrons. The zero-order valence-electron chi connectivity index (χ0n) is 10.4. The number of hydrogen-bond donors (Lipinski definition) is 1. The summed E-state index contributed by atoms with van der Waals surface area (Å²) in [5, 5.41) is 10.7. The first-order valence-electron chi connectivity index (χ1n) is 6.47. The minimum atomic E-state index is -0.400. The van der Waals surface area contributed by atoms with E-state index in [1.807, 2.05) is 6.92 Å². The van der Waals surface area contributed by atoms with Gasteiger partial charge in [0.1, 0.15) is 5.76 Å². The van der Waals surface area contributed by atoms with E-state index in [0.717, 1.165) is 29.2 Å². The number of aliphatic hydroxyl groups is 1. The Hall–Kier alpha value is -1.02. The lowest BCUT2D eigenvalue weighted by Crippen LogP contribution is -2.37. The molecule has 0 unspecified atom stereocenters. The summed E-state index contributed by atoms with van der Waals surface area (Å²) in [7, 11) is 0. The standard InChI is InChI=1S/C15H18O2/c1-7-6-17-11-5-15(3)10-4-9(10)8(2)13(15)14(16)12(7)11/h6,9-10,13-14,16H,2,4-5H2,1,3H3/t9-,10-,13-,14+,15+/m0/s1. The molecule has 0 saturated heterocycles. The quantitative estimate of drug-likeness (QED) is 0.695. The molecule has 17 heavy (non-hydrogen) atoms. The third-order valence-electron chi connectivity index (χ3n) is 5.48. The fourth-order valence-corrected chi connectivity index (χ4v) is 4.58. The summed E-state index contributed by atoms with van der Waals surface area (Å²) in [6.07, 6.45) is 3.62. The van der Waals surface area contributed by atoms with E-state index in [9.17, 15) is 5.11 Å². The van der Waals surface area contributed by atoms with Gasteiger partial charge in [0.2, 0.25) is 0 Å². The molecule has 3 aliphatic rings. The van der Waals surface area contributed by atoms with Crippen LogP contribution in [0.1, 0.15) is 36.3 Å². The first-order chi connectivity index (χ1) is 8.04. The van der Waals surface area contributed by atoms with Crippen molar-refractivity contribution >= 4 is 0 Å². The van der Waals surface area contributed by atoms with Crippen LogP contribution in [0.4, 0.5) is 0 Å². The second-order valence-electron chi connectivity index (χ2n) is 6.38. The Balaban J connectivity index is 1.90. The SMILES string of the molecule is C=C1[C@@H]2C[C@@H]2[C@@]2(C)Cc3occ(C)c3[C@@H](O)[C@H]12. The van der Waals surface area contributed by atoms with Gasteiger partial charge in [-0.05, 0) is 36.2 Å². The predicted molar refractivity (Wildman–Crippen MR) is 64.4 cm³/mol. The van der Waals surface area contributed by atoms with Crippen LogP contribution in [0.3, 0.4) is 0 Å². The van der Waals surface area contributed by atoms with E-state index in [4.69, 9.17) is 4.42 Å². The van der Waals surface area contributed by atoms with Gasteiger partial charge in [0, 0.05) is 17.9 Å². The van der Waals surface area contributed by atoms with Crippen LogP contribution < -0.4 is 0 Å². The van der Waals surface area contributed by atoms with Crippen molar-refractivity contribution in [2.75, 3.05) is 0 Å². The number of hydrogen-bond acceptors (Lipinski definition) is 2. The third-order valence-corrected chi connectivity index (χ3v) is 5.48. The number of furan rings is 1. The van der Waals surface area contributed by atoms with Crippen molar-refractivity contribution in [1.82, 2.24) is 0 Å². The van der Waals surface area contributed by atoms with E-state index in [1.165, 1.54) is 12.0 Å². The molecule has 0 spiro atoms. The maximum atomic E-state index is 10.7. The maximum absolute atomic E-state index is 10.7. The molecule has 1 aromatic heterocycles. The summed E-state index contributed by atoms with van der Waals surface area (Å²) in [4.78, 5) is 0. The van der Waals surface area contributed by atoms with Crippen molar-refractivity contribution in [3.8, 4) is 0 Å². The maximum Gasteiger partial charge on any atom is 0.110 e. The van der Waals surface area contributed by atoms with E-state index >= 15 is 0 Å². The monoisotopic (exact) mass is 230 g/mol. The van der Waals surface area contributed by atoms with Gasteiger partial charge in [-0.1, -0.05) is 19.1 Å². The second kappa shape index (κ2) is 2.69. The molecule has 0 radical (unpaired) electrons. The molecule has 1 aromatic rings. The Morgan fingerprint density at radius 3 is 3.06 bits per heavy atom. The van der Waals surface area contributed by atoms with Gasteiger partial charge >= 0.3 is 0 Å². The Morgan fingerprint density at radius 1 is 1.53 bits per heavy atom. The average molecular weight is 230 g/mol. The molecule has 0 aliphatic heterocycles. The van der Waals surface area contributed by atoms with Crippen LogP contribution >= 0.6 is 0 Å². The fraction of sp³-hybridized carbons (Fsp3) is 0.600. The summed E-state index contributed by atoms with van der Waals surface area (Å²) in [5.74, 6) is 2.65. The highest BCUT2D eigenvalue weighted by molar-refractivity contribution is 5.42. The van der Waals surface area contributed by atoms with Crippen molar-refractivity contribution in [2.24, 2.45) is 23.2 Å². The summed E-state index contributed by atoms with van der Waals surface area (Å²) in [6.45, 7) is 8.58. The molecule has 5 atom stereocenters. The van der Waals surface area contributed by atoms with Crippen molar-refractivity contribution in [2.45, 2.75) is 32.8 Å². The molecule has 1 N–H and O–H groups in total. The Bertz CT molecular complexity index is 527. The Morgan fingerprint density at radius 2 is 2.29 bits per heavy atom. The number of fused-ring (bicyclic) bond motifs is 4. The number of rotatable bonds is 0. The van der Waals surface area contributed by atoms with E-state index in [-0.39, 0.29) is 11.3 Å². The highest BCUT2D eigenvalue weighted by Crippen LogP contribution is 2.72. The van der Waals surface area contributed by atoms with Crippen LogP contribution in [0.25, 0.3) is 0 Å². The Labute approximate surface area is 101 Å². The van der Waals surface area contributed by atoms with Crippen LogP contribution in [-0.2, 0) is 6.42 Å². The first-order valence-corrected chi connectivity index (χ1v) is 6.47. The highest BCUT2D eigenvalue weighted by atomic mass is 16.3. The van der Waals surface area contributed by atoms with Gasteiger partial charge in [-0.2, -0.15) is 0 Å². The van der Waals surface area contributed by atoms with Crippen molar-refractivity contribution in [3.63, 3.8) is 0 Å². The van der Waals surface area contributed by atoms with E-state index < -0.39 is 6.10 Å². The summed E-state index contributed by atoms with van der Waals surface area (Å²) < 4.78 is 5.64. The predicted octanol–water partition coefficient (Wildman–Crippen LogP) is 3.01. The highest BCUT2D eigenvalue weighted by Gasteiger charge is 2.66. The first kappa shape index (κ1) is 9.95. The average Bonchev–Trinajstić information content (AvgIpc) is 2.94. The molecule has 2 fully saturated rings. The molecule has 3 aliphatic carbocycles. The number of aryl methyl sites for hydroxylation is 1. The van der Waals surface area contributed by atoms with Crippen LogP contribution in [-0.4, -0.2) is 5.11 Å². The third kappa shape index (κ3) is 0.971. The van der Waals surface area contributed by atoms with Crippen molar-refractivity contribution in [3.05, 3.63) is 35.3 Å². The van der Waals surface area contributed by atoms with Crippen LogP contribution in [0.5, 0.6) is 0 Å². The normalized spacial score (nSPS) is 46.4. The topological polar surface area (TPSA) is 33.4 Å². The van der Waals surface area contributed by atoms with Crippen LogP contribution in [0.15, 0.2) is 22.8 Å². The molecule has 0 bridgehead atoms. The lowest BCUT2D eigenvalue weighted by atomic mass is 9.64. The van der Waals surface area contributed by atoms with Gasteiger partial charge in [-0.15, -0.1) is 0 Å². The van der Waals surface area contributed by atoms with Gasteiger partial charge in [0.25, 0.3) is 0 Å². The van der Waals surface area contributed by atoms with Gasteiger partial charge in [-0.25, -0.2) is 0 Å². The van der Waals surface area contributed by atoms with Gasteiger partial charge in [0.05, 0.1) is 12.4 Å². The lowest BCUT2D eigenvalue weighted by Gasteiger charge is -2.41. The molecular weight excluding hydrogens is 212 g/mol. The lowest BCUT2D eigenvalue weighted by molar-refractivity contribution is 0.0272. The molecule has 0 amide bonds. The van der Waals surface area contributed by atoms with Crippen molar-refractivity contribution in [1.29, 1.82) is 0 Å². The summed E-state index contributed by atoms with van der Waals surface area (Å²) in [6, 6.07) is 0. The molecule has 2 saturated carbocycles. The minimum absolute atomic E-state index is 0.179. The van der Waals surface area contributed by atoms with Crippen molar-refractivity contribution < 1.29 is 9.52 Å². The van der Waals surface area contributed by atoms with Crippen LogP contribution in [0, 0.1) is 30.1 Å². The fourth-order valence-electron chi connectivity index (χ4n) is 4.58.